The minimum absolute atomic E-state index is 0.156. The molecule has 22 heavy (non-hydrogen) atoms. The fraction of sp³-hybridized carbons (Fsp3) is 0.235. The number of ether oxygens (including phenoxy) is 1. The number of amides is 2. The highest BCUT2D eigenvalue weighted by atomic mass is 35.5. The van der Waals surface area contributed by atoms with E-state index in [9.17, 15) is 4.79 Å². The largest absolute Gasteiger partial charge is 0.492 e. The van der Waals surface area contributed by atoms with E-state index in [4.69, 9.17) is 16.3 Å². The van der Waals surface area contributed by atoms with Crippen LogP contribution in [0, 0.1) is 0 Å². The number of hydrogen-bond donors (Lipinski definition) is 1. The molecule has 2 aromatic rings. The first-order valence-electron chi connectivity index (χ1n) is 7.07. The van der Waals surface area contributed by atoms with Crippen LogP contribution in [0.25, 0.3) is 0 Å². The van der Waals surface area contributed by atoms with E-state index in [0.717, 1.165) is 11.3 Å². The zero-order chi connectivity index (χ0) is 15.8. The second kappa shape index (κ2) is 8.29. The summed E-state index contributed by atoms with van der Waals surface area (Å²) in [6.07, 6.45) is 0. The molecule has 0 aromatic heterocycles. The van der Waals surface area contributed by atoms with E-state index >= 15 is 0 Å². The van der Waals surface area contributed by atoms with Crippen LogP contribution in [0.2, 0.25) is 5.02 Å². The molecule has 0 atom stereocenters. The van der Waals surface area contributed by atoms with Gasteiger partial charge in [-0.05, 0) is 23.8 Å². The quantitative estimate of drug-likeness (QED) is 0.884. The smallest absolute Gasteiger partial charge is 0.317 e. The number of urea groups is 1. The Hall–Kier alpha value is -2.20. The number of hydrogen-bond acceptors (Lipinski definition) is 2. The highest BCUT2D eigenvalue weighted by molar-refractivity contribution is 6.31. The number of nitrogens with zero attached hydrogens (tertiary/aromatic N) is 1. The van der Waals surface area contributed by atoms with Gasteiger partial charge in [0.15, 0.2) is 0 Å². The fourth-order valence-corrected chi connectivity index (χ4v) is 2.07. The first-order valence-corrected chi connectivity index (χ1v) is 7.45. The van der Waals surface area contributed by atoms with Gasteiger partial charge < -0.3 is 15.0 Å². The van der Waals surface area contributed by atoms with E-state index in [0.29, 0.717) is 24.7 Å². The van der Waals surface area contributed by atoms with Crippen LogP contribution in [-0.2, 0) is 6.54 Å². The maximum absolute atomic E-state index is 12.0. The Bertz CT molecular complexity index is 605. The molecular formula is C17H19ClN2O2. The SMILES string of the molecule is CN(CCOc1ccccc1)C(=O)NCc1ccccc1Cl. The molecular weight excluding hydrogens is 300 g/mol. The van der Waals surface area contributed by atoms with Gasteiger partial charge in [0.25, 0.3) is 0 Å². The van der Waals surface area contributed by atoms with E-state index in [-0.39, 0.29) is 6.03 Å². The monoisotopic (exact) mass is 318 g/mol. The Balaban J connectivity index is 1.72. The third kappa shape index (κ3) is 4.97. The summed E-state index contributed by atoms with van der Waals surface area (Å²) >= 11 is 6.05. The summed E-state index contributed by atoms with van der Waals surface area (Å²) in [5.41, 5.74) is 0.895. The van der Waals surface area contributed by atoms with Gasteiger partial charge in [0.1, 0.15) is 12.4 Å². The van der Waals surface area contributed by atoms with E-state index in [1.807, 2.05) is 48.5 Å². The molecule has 5 heteroatoms. The standard InChI is InChI=1S/C17H19ClN2O2/c1-20(11-12-22-15-8-3-2-4-9-15)17(21)19-13-14-7-5-6-10-16(14)18/h2-10H,11-13H2,1H3,(H,19,21). The number of rotatable bonds is 6. The average molecular weight is 319 g/mol. The number of para-hydroxylation sites is 1. The van der Waals surface area contributed by atoms with Crippen molar-refractivity contribution in [3.8, 4) is 5.75 Å². The number of halogens is 1. The molecule has 0 aliphatic heterocycles. The predicted octanol–water partition coefficient (Wildman–Crippen LogP) is 3.56. The normalized spacial score (nSPS) is 10.1. The lowest BCUT2D eigenvalue weighted by Crippen LogP contribution is -2.39. The molecule has 116 valence electrons. The van der Waals surface area contributed by atoms with Gasteiger partial charge in [0, 0.05) is 18.6 Å². The summed E-state index contributed by atoms with van der Waals surface area (Å²) in [7, 11) is 1.73. The fourth-order valence-electron chi connectivity index (χ4n) is 1.87. The van der Waals surface area contributed by atoms with Crippen molar-refractivity contribution in [2.24, 2.45) is 0 Å². The maximum Gasteiger partial charge on any atom is 0.317 e. The van der Waals surface area contributed by atoms with Crippen LogP contribution in [-0.4, -0.2) is 31.1 Å². The number of benzene rings is 2. The highest BCUT2D eigenvalue weighted by Gasteiger charge is 2.08. The van der Waals surface area contributed by atoms with Crippen LogP contribution in [0.1, 0.15) is 5.56 Å². The summed E-state index contributed by atoms with van der Waals surface area (Å²) in [5.74, 6) is 0.798. The third-order valence-corrected chi connectivity index (χ3v) is 3.54. The first-order chi connectivity index (χ1) is 10.7. The molecule has 0 fully saturated rings. The van der Waals surface area contributed by atoms with Crippen LogP contribution < -0.4 is 10.1 Å². The van der Waals surface area contributed by atoms with E-state index in [1.165, 1.54) is 0 Å². The van der Waals surface area contributed by atoms with Crippen molar-refractivity contribution < 1.29 is 9.53 Å². The molecule has 2 aromatic carbocycles. The summed E-state index contributed by atoms with van der Waals surface area (Å²) in [4.78, 5) is 13.6. The Labute approximate surface area is 135 Å². The molecule has 1 N–H and O–H groups in total. The molecule has 2 amide bonds. The Kier molecular flexibility index (Phi) is 6.10. The zero-order valence-electron chi connectivity index (χ0n) is 12.5. The van der Waals surface area contributed by atoms with Crippen LogP contribution >= 0.6 is 11.6 Å². The van der Waals surface area contributed by atoms with Crippen molar-refractivity contribution in [3.05, 3.63) is 65.2 Å². The van der Waals surface area contributed by atoms with Gasteiger partial charge >= 0.3 is 6.03 Å². The van der Waals surface area contributed by atoms with Gasteiger partial charge in [-0.1, -0.05) is 48.0 Å². The Morgan fingerprint density at radius 1 is 1.14 bits per heavy atom. The van der Waals surface area contributed by atoms with Gasteiger partial charge in [-0.25, -0.2) is 4.79 Å². The number of carbonyl (C=O) groups excluding carboxylic acids is 1. The lowest BCUT2D eigenvalue weighted by Gasteiger charge is -2.18. The van der Waals surface area contributed by atoms with Gasteiger partial charge in [-0.15, -0.1) is 0 Å². The second-order valence-electron chi connectivity index (χ2n) is 4.83. The zero-order valence-corrected chi connectivity index (χ0v) is 13.2. The van der Waals surface area contributed by atoms with Crippen molar-refractivity contribution in [1.29, 1.82) is 0 Å². The van der Waals surface area contributed by atoms with Crippen molar-refractivity contribution in [2.45, 2.75) is 6.54 Å². The minimum Gasteiger partial charge on any atom is -0.492 e. The molecule has 4 nitrogen and oxygen atoms in total. The van der Waals surface area contributed by atoms with Gasteiger partial charge in [-0.3, -0.25) is 0 Å². The first kappa shape index (κ1) is 16.2. The van der Waals surface area contributed by atoms with E-state index in [2.05, 4.69) is 5.32 Å². The van der Waals surface area contributed by atoms with Crippen LogP contribution in [0.3, 0.4) is 0 Å². The summed E-state index contributed by atoms with van der Waals surface area (Å²) in [6, 6.07) is 16.8. The molecule has 0 unspecified atom stereocenters. The van der Waals surface area contributed by atoms with Crippen molar-refractivity contribution in [1.82, 2.24) is 10.2 Å². The molecule has 0 aliphatic carbocycles. The van der Waals surface area contributed by atoms with Crippen molar-refractivity contribution in [3.63, 3.8) is 0 Å². The minimum atomic E-state index is -0.156. The van der Waals surface area contributed by atoms with Crippen molar-refractivity contribution in [2.75, 3.05) is 20.2 Å². The van der Waals surface area contributed by atoms with Crippen LogP contribution in [0.4, 0.5) is 4.79 Å². The molecule has 2 rings (SSSR count). The summed E-state index contributed by atoms with van der Waals surface area (Å²) in [6.45, 7) is 1.35. The van der Waals surface area contributed by atoms with E-state index in [1.54, 1.807) is 18.0 Å². The average Bonchev–Trinajstić information content (AvgIpc) is 2.54. The van der Waals surface area contributed by atoms with Gasteiger partial charge in [0.05, 0.1) is 6.54 Å². The van der Waals surface area contributed by atoms with Gasteiger partial charge in [-0.2, -0.15) is 0 Å². The lowest BCUT2D eigenvalue weighted by atomic mass is 10.2. The maximum atomic E-state index is 12.0. The van der Waals surface area contributed by atoms with E-state index < -0.39 is 0 Å². The third-order valence-electron chi connectivity index (χ3n) is 3.17. The molecule has 0 saturated carbocycles. The second-order valence-corrected chi connectivity index (χ2v) is 5.24. The number of carbonyl (C=O) groups is 1. The highest BCUT2D eigenvalue weighted by Crippen LogP contribution is 2.14. The molecule has 0 radical (unpaired) electrons. The van der Waals surface area contributed by atoms with Gasteiger partial charge in [0.2, 0.25) is 0 Å². The van der Waals surface area contributed by atoms with Crippen molar-refractivity contribution >= 4 is 17.6 Å². The number of nitrogens with one attached hydrogen (secondary N) is 1. The van der Waals surface area contributed by atoms with Crippen LogP contribution in [0.5, 0.6) is 5.75 Å². The summed E-state index contributed by atoms with van der Waals surface area (Å²) < 4.78 is 5.57. The molecule has 0 aliphatic rings. The number of likely N-dealkylation sites (N-methyl/N-ethyl adjacent to an activating group) is 1. The lowest BCUT2D eigenvalue weighted by molar-refractivity contribution is 0.195. The molecule has 0 spiro atoms. The molecule has 0 saturated heterocycles. The predicted molar refractivity (Wildman–Crippen MR) is 88.3 cm³/mol. The molecule has 0 heterocycles. The summed E-state index contributed by atoms with van der Waals surface area (Å²) in [5, 5.41) is 3.49. The Morgan fingerprint density at radius 2 is 1.82 bits per heavy atom. The Morgan fingerprint density at radius 3 is 2.55 bits per heavy atom. The topological polar surface area (TPSA) is 41.6 Å². The molecule has 0 bridgehead atoms. The van der Waals surface area contributed by atoms with Crippen LogP contribution in [0.15, 0.2) is 54.6 Å².